The fraction of sp³-hybridized carbons (Fsp3) is 0.143. The van der Waals surface area contributed by atoms with E-state index in [1.54, 1.807) is 6.07 Å². The smallest absolute Gasteiger partial charge is 0.338 e. The lowest BCUT2D eigenvalue weighted by molar-refractivity contribution is 0.0692. The molecule has 0 aliphatic rings. The summed E-state index contributed by atoms with van der Waals surface area (Å²) in [6.07, 6.45) is 1.26. The minimum Gasteiger partial charge on any atom is -0.478 e. The molecule has 0 aliphatic heterocycles. The Balaban J connectivity index is 2.42. The molecule has 98 valence electrons. The average Bonchev–Trinajstić information content (AvgIpc) is 2.37. The number of anilines is 2. The zero-order chi connectivity index (χ0) is 14.0. The van der Waals surface area contributed by atoms with Crippen LogP contribution in [-0.4, -0.2) is 16.1 Å². The normalized spacial score (nSPS) is 10.3. The number of nitrogens with one attached hydrogen (secondary N) is 1. The first-order valence-electron chi connectivity index (χ1n) is 5.71. The second kappa shape index (κ2) is 5.06. The zero-order valence-electron chi connectivity index (χ0n) is 10.6. The number of nitrogens with zero attached hydrogens (tertiary/aromatic N) is 1. The van der Waals surface area contributed by atoms with Crippen LogP contribution in [0.15, 0.2) is 30.5 Å². The molecule has 2 aromatic rings. The van der Waals surface area contributed by atoms with Gasteiger partial charge >= 0.3 is 5.97 Å². The van der Waals surface area contributed by atoms with Crippen molar-refractivity contribution in [3.05, 3.63) is 53.0 Å². The Morgan fingerprint density at radius 3 is 2.74 bits per heavy atom. The summed E-state index contributed by atoms with van der Waals surface area (Å²) in [5.41, 5.74) is 2.32. The monoisotopic (exact) mass is 260 g/mol. The van der Waals surface area contributed by atoms with Gasteiger partial charge in [-0.2, -0.15) is 0 Å². The Morgan fingerprint density at radius 1 is 1.32 bits per heavy atom. The first-order chi connectivity index (χ1) is 9.00. The van der Waals surface area contributed by atoms with Crippen LogP contribution in [0.4, 0.5) is 15.9 Å². The van der Waals surface area contributed by atoms with Gasteiger partial charge in [-0.1, -0.05) is 12.1 Å². The van der Waals surface area contributed by atoms with Crippen molar-refractivity contribution in [2.45, 2.75) is 13.8 Å². The molecule has 1 heterocycles. The number of hydrogen-bond donors (Lipinski definition) is 2. The Kier molecular flexibility index (Phi) is 3.46. The molecule has 1 aromatic heterocycles. The van der Waals surface area contributed by atoms with Crippen molar-refractivity contribution in [2.75, 3.05) is 5.32 Å². The number of benzene rings is 1. The molecular weight excluding hydrogens is 247 g/mol. The Bertz CT molecular complexity index is 641. The fourth-order valence-corrected chi connectivity index (χ4v) is 1.71. The highest BCUT2D eigenvalue weighted by Gasteiger charge is 2.15. The average molecular weight is 260 g/mol. The number of carbonyl (C=O) groups is 1. The molecule has 0 bridgehead atoms. The van der Waals surface area contributed by atoms with Crippen LogP contribution >= 0.6 is 0 Å². The molecule has 0 atom stereocenters. The topological polar surface area (TPSA) is 62.2 Å². The number of pyridine rings is 1. The molecule has 0 fully saturated rings. The van der Waals surface area contributed by atoms with Crippen LogP contribution in [0.2, 0.25) is 0 Å². The molecule has 4 nitrogen and oxygen atoms in total. The van der Waals surface area contributed by atoms with Crippen LogP contribution in [0.1, 0.15) is 21.5 Å². The summed E-state index contributed by atoms with van der Waals surface area (Å²) in [6.45, 7) is 3.84. The lowest BCUT2D eigenvalue weighted by Gasteiger charge is -2.11. The number of aromatic carboxylic acids is 1. The zero-order valence-corrected chi connectivity index (χ0v) is 10.6. The molecule has 2 rings (SSSR count). The highest BCUT2D eigenvalue weighted by Crippen LogP contribution is 2.24. The third-order valence-corrected chi connectivity index (χ3v) is 2.98. The van der Waals surface area contributed by atoms with Crippen molar-refractivity contribution in [3.63, 3.8) is 0 Å². The van der Waals surface area contributed by atoms with Crippen molar-refractivity contribution >= 4 is 17.5 Å². The van der Waals surface area contributed by atoms with Gasteiger partial charge in [-0.3, -0.25) is 0 Å². The van der Waals surface area contributed by atoms with E-state index < -0.39 is 17.3 Å². The van der Waals surface area contributed by atoms with Gasteiger partial charge in [0, 0.05) is 11.9 Å². The summed E-state index contributed by atoms with van der Waals surface area (Å²) in [5, 5.41) is 11.7. The van der Waals surface area contributed by atoms with Gasteiger partial charge < -0.3 is 10.4 Å². The second-order valence-electron chi connectivity index (χ2n) is 4.20. The van der Waals surface area contributed by atoms with Crippen molar-refractivity contribution in [3.8, 4) is 0 Å². The van der Waals surface area contributed by atoms with Gasteiger partial charge in [0.25, 0.3) is 0 Å². The molecule has 0 unspecified atom stereocenters. The summed E-state index contributed by atoms with van der Waals surface area (Å²) in [5.74, 6) is -2.27. The number of aryl methyl sites for hydroxylation is 1. The molecule has 2 N–H and O–H groups in total. The fourth-order valence-electron chi connectivity index (χ4n) is 1.71. The largest absolute Gasteiger partial charge is 0.478 e. The van der Waals surface area contributed by atoms with Gasteiger partial charge in [0.05, 0.1) is 0 Å². The lowest BCUT2D eigenvalue weighted by atomic mass is 10.1. The minimum atomic E-state index is -1.32. The molecule has 0 aliphatic carbocycles. The molecular formula is C14H13FN2O2. The number of halogens is 1. The first kappa shape index (κ1) is 13.0. The van der Waals surface area contributed by atoms with Crippen molar-refractivity contribution < 1.29 is 14.3 Å². The third-order valence-electron chi connectivity index (χ3n) is 2.98. The van der Waals surface area contributed by atoms with Gasteiger partial charge in [-0.05, 0) is 37.1 Å². The van der Waals surface area contributed by atoms with Gasteiger partial charge in [0.15, 0.2) is 11.6 Å². The second-order valence-corrected chi connectivity index (χ2v) is 4.20. The summed E-state index contributed by atoms with van der Waals surface area (Å²) in [7, 11) is 0. The predicted molar refractivity (Wildman–Crippen MR) is 70.4 cm³/mol. The van der Waals surface area contributed by atoms with Crippen LogP contribution in [-0.2, 0) is 0 Å². The number of hydrogen-bond acceptors (Lipinski definition) is 3. The van der Waals surface area contributed by atoms with Gasteiger partial charge in [0.1, 0.15) is 5.56 Å². The van der Waals surface area contributed by atoms with Crippen molar-refractivity contribution in [1.29, 1.82) is 0 Å². The predicted octanol–water partition coefficient (Wildman–Crippen LogP) is 3.28. The van der Waals surface area contributed by atoms with E-state index in [4.69, 9.17) is 5.11 Å². The summed E-state index contributed by atoms with van der Waals surface area (Å²) >= 11 is 0. The number of carboxylic acid groups (broad SMARTS) is 1. The van der Waals surface area contributed by atoms with E-state index in [0.717, 1.165) is 17.2 Å². The Labute approximate surface area is 109 Å². The maximum atomic E-state index is 13.9. The maximum Gasteiger partial charge on any atom is 0.338 e. The quantitative estimate of drug-likeness (QED) is 0.889. The third kappa shape index (κ3) is 2.54. The SMILES string of the molecule is Cc1cccc(Nc2nccc(C(=O)O)c2F)c1C. The summed E-state index contributed by atoms with van der Waals surface area (Å²) in [4.78, 5) is 14.7. The number of rotatable bonds is 3. The molecule has 19 heavy (non-hydrogen) atoms. The first-order valence-corrected chi connectivity index (χ1v) is 5.71. The molecule has 0 amide bonds. The van der Waals surface area contributed by atoms with E-state index in [0.29, 0.717) is 5.69 Å². The van der Waals surface area contributed by atoms with Crippen LogP contribution in [0.5, 0.6) is 0 Å². The minimum absolute atomic E-state index is 0.0893. The van der Waals surface area contributed by atoms with Gasteiger partial charge in [0.2, 0.25) is 0 Å². The highest BCUT2D eigenvalue weighted by molar-refractivity contribution is 5.89. The maximum absolute atomic E-state index is 13.9. The highest BCUT2D eigenvalue weighted by atomic mass is 19.1. The molecule has 1 aromatic carbocycles. The van der Waals surface area contributed by atoms with E-state index in [1.165, 1.54) is 6.20 Å². The van der Waals surface area contributed by atoms with Crippen molar-refractivity contribution in [1.82, 2.24) is 4.98 Å². The van der Waals surface area contributed by atoms with Crippen LogP contribution in [0.3, 0.4) is 0 Å². The number of aromatic nitrogens is 1. The van der Waals surface area contributed by atoms with Gasteiger partial charge in [-0.25, -0.2) is 14.2 Å². The van der Waals surface area contributed by atoms with Crippen LogP contribution in [0, 0.1) is 19.7 Å². The standard InChI is InChI=1S/C14H13FN2O2/c1-8-4-3-5-11(9(8)2)17-13-12(15)10(14(18)19)6-7-16-13/h3-7H,1-2H3,(H,16,17)(H,18,19). The Morgan fingerprint density at radius 2 is 2.05 bits per heavy atom. The molecule has 5 heteroatoms. The van der Waals surface area contributed by atoms with Gasteiger partial charge in [-0.15, -0.1) is 0 Å². The summed E-state index contributed by atoms with van der Waals surface area (Å²) in [6, 6.07) is 6.70. The van der Waals surface area contributed by atoms with Crippen LogP contribution < -0.4 is 5.32 Å². The van der Waals surface area contributed by atoms with E-state index in [1.807, 2.05) is 26.0 Å². The molecule has 0 saturated carbocycles. The molecule has 0 radical (unpaired) electrons. The Hall–Kier alpha value is -2.43. The van der Waals surface area contributed by atoms with E-state index in [2.05, 4.69) is 10.3 Å². The van der Waals surface area contributed by atoms with E-state index >= 15 is 0 Å². The lowest BCUT2D eigenvalue weighted by Crippen LogP contribution is -2.06. The summed E-state index contributed by atoms with van der Waals surface area (Å²) < 4.78 is 13.9. The molecule has 0 spiro atoms. The van der Waals surface area contributed by atoms with Crippen LogP contribution in [0.25, 0.3) is 0 Å². The van der Waals surface area contributed by atoms with E-state index in [-0.39, 0.29) is 5.82 Å². The molecule has 0 saturated heterocycles. The van der Waals surface area contributed by atoms with Crippen molar-refractivity contribution in [2.24, 2.45) is 0 Å². The number of carboxylic acids is 1. The van der Waals surface area contributed by atoms with E-state index in [9.17, 15) is 9.18 Å².